The van der Waals surface area contributed by atoms with Gasteiger partial charge in [0.05, 0.1) is 6.61 Å². The van der Waals surface area contributed by atoms with Gasteiger partial charge in [-0.2, -0.15) is 0 Å². The van der Waals surface area contributed by atoms with E-state index in [1.807, 2.05) is 0 Å². The lowest BCUT2D eigenvalue weighted by molar-refractivity contribution is 0.123. The Morgan fingerprint density at radius 1 is 0.829 bits per heavy atom. The van der Waals surface area contributed by atoms with E-state index in [0.29, 0.717) is 12.5 Å². The molecule has 1 heterocycles. The fourth-order valence-corrected chi connectivity index (χ4v) is 7.22. The molecule has 0 aromatic heterocycles. The Hall–Kier alpha value is -1.15. The van der Waals surface area contributed by atoms with Crippen LogP contribution in [0.4, 0.5) is 0 Å². The molecule has 1 aliphatic heterocycles. The van der Waals surface area contributed by atoms with Gasteiger partial charge in [0.2, 0.25) is 0 Å². The van der Waals surface area contributed by atoms with Crippen LogP contribution in [0, 0.1) is 27.6 Å². The summed E-state index contributed by atoms with van der Waals surface area (Å²) in [5, 5.41) is 0. The maximum Gasteiger partial charge on any atom is 0.397 e. The Balaban J connectivity index is 2.29. The van der Waals surface area contributed by atoms with E-state index in [2.05, 4.69) is 115 Å². The average Bonchev–Trinajstić information content (AvgIpc) is 2.83. The minimum Gasteiger partial charge on any atom is -0.430 e. The van der Waals surface area contributed by atoms with Crippen molar-refractivity contribution in [1.29, 1.82) is 0 Å². The fourth-order valence-electron chi connectivity index (χ4n) is 5.81. The Kier molecular flexibility index (Phi) is 10.8. The molecule has 232 valence electrons. The van der Waals surface area contributed by atoms with Gasteiger partial charge in [-0.25, -0.2) is 0 Å². The van der Waals surface area contributed by atoms with Crippen molar-refractivity contribution in [3.63, 3.8) is 0 Å². The first-order valence-corrected chi connectivity index (χ1v) is 17.3. The molecule has 0 fully saturated rings. The Labute approximate surface area is 255 Å². The molecule has 0 amide bonds. The first-order chi connectivity index (χ1) is 18.8. The summed E-state index contributed by atoms with van der Waals surface area (Å²) in [6.45, 7) is 32.9. The molecule has 41 heavy (non-hydrogen) atoms. The average molecular weight is 585 g/mol. The van der Waals surface area contributed by atoms with Crippen molar-refractivity contribution in [3.05, 3.63) is 57.4 Å². The Morgan fingerprint density at radius 3 is 2.00 bits per heavy atom. The van der Waals surface area contributed by atoms with E-state index in [1.165, 1.54) is 52.7 Å². The van der Waals surface area contributed by atoms with E-state index in [-0.39, 0.29) is 27.8 Å². The summed E-state index contributed by atoms with van der Waals surface area (Å²) < 4.78 is 20.7. The van der Waals surface area contributed by atoms with Crippen LogP contribution < -0.4 is 0 Å². The van der Waals surface area contributed by atoms with E-state index < -0.39 is 8.60 Å². The minimum atomic E-state index is -1.60. The molecule has 3 aliphatic rings. The minimum absolute atomic E-state index is 0.0283. The number of hydrogen-bond donors (Lipinski definition) is 0. The van der Waals surface area contributed by atoms with Crippen molar-refractivity contribution in [1.82, 2.24) is 0 Å². The quantitative estimate of drug-likeness (QED) is 0.279. The molecule has 0 radical (unpaired) electrons. The summed E-state index contributed by atoms with van der Waals surface area (Å²) in [5.74, 6) is 1.52. The molecule has 2 aliphatic carbocycles. The van der Waals surface area contributed by atoms with Crippen LogP contribution in [0.15, 0.2) is 57.4 Å². The van der Waals surface area contributed by atoms with E-state index in [4.69, 9.17) is 13.6 Å². The van der Waals surface area contributed by atoms with Crippen LogP contribution in [0.5, 0.6) is 0 Å². The summed E-state index contributed by atoms with van der Waals surface area (Å²) in [6, 6.07) is 0. The molecule has 0 saturated heterocycles. The van der Waals surface area contributed by atoms with E-state index >= 15 is 0 Å². The van der Waals surface area contributed by atoms with Gasteiger partial charge in [0.1, 0.15) is 11.9 Å². The number of allylic oxidation sites excluding steroid dienone is 7. The molecule has 3 rings (SSSR count). The lowest BCUT2D eigenvalue weighted by Crippen LogP contribution is -2.32. The van der Waals surface area contributed by atoms with Gasteiger partial charge in [-0.15, -0.1) is 0 Å². The molecule has 0 aromatic rings. The number of rotatable bonds is 7. The number of unbranched alkanes of at least 4 members (excludes halogenated alkanes) is 1. The molecule has 0 spiro atoms. The standard InChI is InChI=1S/C37H61O3P/c1-15-17-18-25(16-2)24-38-41-39-32-29(22-27(35(6,7)8)23-31(32)36(9,10)11)28-20-19-26(34(3,4)5)21-30(28)33(40-41)37(12,13)14/h21-23,25,32H,15-20,24H2,1-14H3/b29-28-,33-30?. The Morgan fingerprint density at radius 2 is 1.49 bits per heavy atom. The first-order valence-electron chi connectivity index (χ1n) is 16.2. The molecule has 3 nitrogen and oxygen atoms in total. The van der Waals surface area contributed by atoms with Crippen molar-refractivity contribution >= 4 is 8.60 Å². The largest absolute Gasteiger partial charge is 0.430 e. The summed E-state index contributed by atoms with van der Waals surface area (Å²) >= 11 is 0. The monoisotopic (exact) mass is 584 g/mol. The molecule has 3 unspecified atom stereocenters. The van der Waals surface area contributed by atoms with Crippen LogP contribution in [-0.2, 0) is 13.6 Å². The van der Waals surface area contributed by atoms with Crippen molar-refractivity contribution < 1.29 is 13.6 Å². The Bertz CT molecular complexity index is 1100. The van der Waals surface area contributed by atoms with Gasteiger partial charge in [0.25, 0.3) is 0 Å². The third-order valence-electron chi connectivity index (χ3n) is 8.76. The van der Waals surface area contributed by atoms with Gasteiger partial charge in [0.15, 0.2) is 0 Å². The maximum absolute atomic E-state index is 7.06. The van der Waals surface area contributed by atoms with E-state index in [0.717, 1.165) is 25.0 Å². The van der Waals surface area contributed by atoms with Crippen molar-refractivity contribution in [2.75, 3.05) is 6.61 Å². The van der Waals surface area contributed by atoms with Crippen LogP contribution in [0.25, 0.3) is 0 Å². The highest BCUT2D eigenvalue weighted by atomic mass is 31.2. The lowest BCUT2D eigenvalue weighted by atomic mass is 9.69. The molecule has 0 saturated carbocycles. The SMILES string of the molecule is CCCCC(CC)COP1OC(C(C)(C)C)=C2C=C(C(C)(C)C)CC/C2=C2\C=C(C(C)(C)C)C=C(C(C)(C)C)C2O1. The van der Waals surface area contributed by atoms with Gasteiger partial charge in [-0.05, 0) is 63.7 Å². The number of fused-ring (bicyclic) bond motifs is 2. The van der Waals surface area contributed by atoms with Crippen molar-refractivity contribution in [2.45, 2.75) is 142 Å². The van der Waals surface area contributed by atoms with Crippen molar-refractivity contribution in [3.8, 4) is 0 Å². The second-order valence-electron chi connectivity index (χ2n) is 16.6. The lowest BCUT2D eigenvalue weighted by Gasteiger charge is -2.42. The van der Waals surface area contributed by atoms with Gasteiger partial charge in [0, 0.05) is 11.0 Å². The second-order valence-corrected chi connectivity index (χ2v) is 17.7. The third kappa shape index (κ3) is 8.49. The second kappa shape index (κ2) is 12.8. The molecule has 0 aromatic carbocycles. The highest BCUT2D eigenvalue weighted by Crippen LogP contribution is 2.57. The molecule has 4 heteroatoms. The summed E-state index contributed by atoms with van der Waals surface area (Å²) in [6.07, 6.45) is 13.9. The summed E-state index contributed by atoms with van der Waals surface area (Å²) in [5.41, 5.74) is 7.98. The zero-order valence-electron chi connectivity index (χ0n) is 29.0. The topological polar surface area (TPSA) is 27.7 Å². The van der Waals surface area contributed by atoms with E-state index in [1.54, 1.807) is 0 Å². The van der Waals surface area contributed by atoms with Crippen LogP contribution in [0.2, 0.25) is 0 Å². The smallest absolute Gasteiger partial charge is 0.397 e. The fraction of sp³-hybridized carbons (Fsp3) is 0.730. The zero-order chi connectivity index (χ0) is 31.0. The van der Waals surface area contributed by atoms with Gasteiger partial charge in [-0.1, -0.05) is 140 Å². The van der Waals surface area contributed by atoms with Crippen molar-refractivity contribution in [2.24, 2.45) is 27.6 Å². The molecular formula is C37H61O3P. The van der Waals surface area contributed by atoms with Crippen LogP contribution in [0.3, 0.4) is 0 Å². The normalized spacial score (nSPS) is 25.3. The highest BCUT2D eigenvalue weighted by Gasteiger charge is 2.42. The summed E-state index contributed by atoms with van der Waals surface area (Å²) in [7, 11) is -1.60. The predicted octanol–water partition coefficient (Wildman–Crippen LogP) is 12.2. The maximum atomic E-state index is 7.06. The zero-order valence-corrected chi connectivity index (χ0v) is 29.9. The summed E-state index contributed by atoms with van der Waals surface area (Å²) in [4.78, 5) is 0. The molecule has 3 atom stereocenters. The molecule has 0 N–H and O–H groups in total. The van der Waals surface area contributed by atoms with E-state index in [9.17, 15) is 0 Å². The highest BCUT2D eigenvalue weighted by molar-refractivity contribution is 7.41. The van der Waals surface area contributed by atoms with Crippen LogP contribution in [-0.4, -0.2) is 12.7 Å². The predicted molar refractivity (Wildman–Crippen MR) is 177 cm³/mol. The van der Waals surface area contributed by atoms with Crippen LogP contribution in [0.1, 0.15) is 135 Å². The third-order valence-corrected chi connectivity index (χ3v) is 9.84. The number of hydrogen-bond acceptors (Lipinski definition) is 3. The van der Waals surface area contributed by atoms with Gasteiger partial charge >= 0.3 is 8.60 Å². The van der Waals surface area contributed by atoms with Crippen LogP contribution >= 0.6 is 8.60 Å². The van der Waals surface area contributed by atoms with Gasteiger partial charge in [-0.3, -0.25) is 4.52 Å². The first kappa shape index (κ1) is 34.3. The van der Waals surface area contributed by atoms with Gasteiger partial charge < -0.3 is 9.05 Å². The molecule has 0 bridgehead atoms. The molecular weight excluding hydrogens is 523 g/mol.